The maximum absolute atomic E-state index is 13.0. The number of nitrogens with zero attached hydrogens (tertiary/aromatic N) is 3. The zero-order chi connectivity index (χ0) is 24.3. The highest BCUT2D eigenvalue weighted by atomic mass is 19.4. The van der Waals surface area contributed by atoms with Crippen LogP contribution in [0.25, 0.3) is 22.4 Å². The summed E-state index contributed by atoms with van der Waals surface area (Å²) in [6.45, 7) is 1.64. The number of carboxylic acids is 1. The van der Waals surface area contributed by atoms with Gasteiger partial charge in [-0.25, -0.2) is 9.97 Å². The summed E-state index contributed by atoms with van der Waals surface area (Å²) in [5.41, 5.74) is 0.783. The summed E-state index contributed by atoms with van der Waals surface area (Å²) in [6, 6.07) is 7.25. The van der Waals surface area contributed by atoms with Crippen LogP contribution in [0.15, 0.2) is 36.5 Å². The van der Waals surface area contributed by atoms with Crippen LogP contribution in [-0.4, -0.2) is 51.3 Å². The first-order valence-electron chi connectivity index (χ1n) is 11.9. The molecule has 0 spiro atoms. The van der Waals surface area contributed by atoms with Crippen LogP contribution in [0.1, 0.15) is 31.2 Å². The topological polar surface area (TPSA) is 91.3 Å². The molecule has 6 rings (SSSR count). The highest BCUT2D eigenvalue weighted by Crippen LogP contribution is 2.58. The fraction of sp³-hybridized carbons (Fsp3) is 0.480. The molecule has 4 atom stereocenters. The van der Waals surface area contributed by atoms with E-state index in [1.807, 2.05) is 12.1 Å². The highest BCUT2D eigenvalue weighted by Gasteiger charge is 2.60. The Morgan fingerprint density at radius 2 is 1.83 bits per heavy atom. The normalized spacial score (nSPS) is 26.8. The van der Waals surface area contributed by atoms with Crippen LogP contribution < -0.4 is 4.90 Å². The molecule has 0 radical (unpaired) electrons. The van der Waals surface area contributed by atoms with Gasteiger partial charge in [0.1, 0.15) is 11.6 Å². The maximum atomic E-state index is 13.0. The number of fused-ring (bicyclic) bond motifs is 2. The Bertz CT molecular complexity index is 1240. The van der Waals surface area contributed by atoms with Gasteiger partial charge in [-0.05, 0) is 67.9 Å². The number of benzene rings is 1. The number of hydrogen-bond acceptors (Lipinski definition) is 5. The number of aromatic nitrogens is 3. The predicted molar refractivity (Wildman–Crippen MR) is 122 cm³/mol. The molecule has 184 valence electrons. The van der Waals surface area contributed by atoms with Gasteiger partial charge >= 0.3 is 12.1 Å². The standard InChI is InChI=1S/C25H25F3N4O3/c26-25(27,28)14-2-3-19-20(9-14)31-23(30-19)13-1-4-21(29-12-13)32-7-5-15(6-8-32)35-16-10-17-18(11-16)22(17)24(33)34/h1-4,9,12,15-18,22H,5-8,10-11H2,(H,30,31)(H,33,34)/t16-,17-,18+,22+. The van der Waals surface area contributed by atoms with Crippen molar-refractivity contribution in [2.75, 3.05) is 18.0 Å². The summed E-state index contributed by atoms with van der Waals surface area (Å²) < 4.78 is 45.2. The number of carbonyl (C=O) groups is 1. The highest BCUT2D eigenvalue weighted by molar-refractivity contribution is 5.80. The largest absolute Gasteiger partial charge is 0.481 e. The number of ether oxygens (including phenoxy) is 1. The number of piperidine rings is 1. The second kappa shape index (κ2) is 8.22. The van der Waals surface area contributed by atoms with Gasteiger partial charge in [-0.2, -0.15) is 13.2 Å². The minimum Gasteiger partial charge on any atom is -0.481 e. The van der Waals surface area contributed by atoms with Gasteiger partial charge in [0.15, 0.2) is 0 Å². The number of aromatic amines is 1. The number of alkyl halides is 3. The van der Waals surface area contributed by atoms with Crippen molar-refractivity contribution in [2.24, 2.45) is 17.8 Å². The predicted octanol–water partition coefficient (Wildman–Crippen LogP) is 4.74. The van der Waals surface area contributed by atoms with E-state index in [9.17, 15) is 18.0 Å². The molecule has 2 saturated carbocycles. The first-order chi connectivity index (χ1) is 16.8. The fourth-order valence-corrected chi connectivity index (χ4v) is 5.79. The number of anilines is 1. The molecule has 2 aliphatic carbocycles. The summed E-state index contributed by atoms with van der Waals surface area (Å²) >= 11 is 0. The molecule has 2 aromatic heterocycles. The van der Waals surface area contributed by atoms with E-state index in [4.69, 9.17) is 9.84 Å². The van der Waals surface area contributed by atoms with E-state index in [1.165, 1.54) is 6.07 Å². The van der Waals surface area contributed by atoms with Crippen LogP contribution in [-0.2, 0) is 15.7 Å². The van der Waals surface area contributed by atoms with Crippen LogP contribution in [0.2, 0.25) is 0 Å². The van der Waals surface area contributed by atoms with E-state index in [1.54, 1.807) is 6.20 Å². The Hall–Kier alpha value is -3.14. The van der Waals surface area contributed by atoms with Gasteiger partial charge in [0.25, 0.3) is 0 Å². The van der Waals surface area contributed by atoms with E-state index in [0.717, 1.165) is 56.7 Å². The lowest BCUT2D eigenvalue weighted by atomic mass is 10.1. The molecule has 1 aromatic carbocycles. The number of nitrogens with one attached hydrogen (secondary N) is 1. The van der Waals surface area contributed by atoms with Crippen molar-refractivity contribution < 1.29 is 27.8 Å². The number of rotatable bonds is 5. The molecule has 3 aliphatic rings. The lowest BCUT2D eigenvalue weighted by Gasteiger charge is -2.34. The molecule has 0 bridgehead atoms. The van der Waals surface area contributed by atoms with Crippen LogP contribution in [0.3, 0.4) is 0 Å². The van der Waals surface area contributed by atoms with Gasteiger partial charge in [-0.3, -0.25) is 4.79 Å². The molecular formula is C25H25F3N4O3. The van der Waals surface area contributed by atoms with Gasteiger partial charge in [-0.15, -0.1) is 0 Å². The van der Waals surface area contributed by atoms with Crippen molar-refractivity contribution in [3.05, 3.63) is 42.1 Å². The SMILES string of the molecule is O=C(O)[C@H]1[C@@H]2C[C@@H](OC3CCN(c4ccc(-c5nc6cc(C(F)(F)F)ccc6[nH]5)cn4)CC3)C[C@@H]21. The molecule has 0 amide bonds. The van der Waals surface area contributed by atoms with Crippen molar-refractivity contribution in [3.63, 3.8) is 0 Å². The van der Waals surface area contributed by atoms with Crippen molar-refractivity contribution in [3.8, 4) is 11.4 Å². The monoisotopic (exact) mass is 486 g/mol. The van der Waals surface area contributed by atoms with Gasteiger partial charge < -0.3 is 19.7 Å². The van der Waals surface area contributed by atoms with E-state index in [2.05, 4.69) is 19.9 Å². The van der Waals surface area contributed by atoms with Crippen LogP contribution in [0, 0.1) is 17.8 Å². The number of imidazole rings is 1. The lowest BCUT2D eigenvalue weighted by Crippen LogP contribution is -2.38. The average Bonchev–Trinajstić information content (AvgIpc) is 3.15. The third-order valence-electron chi connectivity index (χ3n) is 7.67. The quantitative estimate of drug-likeness (QED) is 0.542. The van der Waals surface area contributed by atoms with Crippen LogP contribution >= 0.6 is 0 Å². The number of hydrogen-bond donors (Lipinski definition) is 2. The summed E-state index contributed by atoms with van der Waals surface area (Å²) in [7, 11) is 0. The molecule has 3 heterocycles. The number of carboxylic acid groups (broad SMARTS) is 1. The first-order valence-corrected chi connectivity index (χ1v) is 11.9. The van der Waals surface area contributed by atoms with Gasteiger partial charge in [0.05, 0.1) is 34.7 Å². The molecular weight excluding hydrogens is 461 g/mol. The second-order valence-corrected chi connectivity index (χ2v) is 9.83. The zero-order valence-corrected chi connectivity index (χ0v) is 18.8. The minimum absolute atomic E-state index is 0.150. The molecule has 7 nitrogen and oxygen atoms in total. The third kappa shape index (κ3) is 4.24. The molecule has 1 aliphatic heterocycles. The molecule has 2 N–H and O–H groups in total. The fourth-order valence-electron chi connectivity index (χ4n) is 5.79. The Morgan fingerprint density at radius 1 is 1.09 bits per heavy atom. The summed E-state index contributed by atoms with van der Waals surface area (Å²) in [6.07, 6.45) is 1.17. The summed E-state index contributed by atoms with van der Waals surface area (Å²) in [5, 5.41) is 9.16. The number of pyridine rings is 1. The lowest BCUT2D eigenvalue weighted by molar-refractivity contribution is -0.140. The third-order valence-corrected chi connectivity index (χ3v) is 7.67. The number of H-pyrrole nitrogens is 1. The van der Waals surface area contributed by atoms with Crippen molar-refractivity contribution in [1.29, 1.82) is 0 Å². The molecule has 0 unspecified atom stereocenters. The van der Waals surface area contributed by atoms with E-state index >= 15 is 0 Å². The Balaban J connectivity index is 1.05. The second-order valence-electron chi connectivity index (χ2n) is 9.83. The number of aliphatic carboxylic acids is 1. The van der Waals surface area contributed by atoms with Crippen LogP contribution in [0.4, 0.5) is 19.0 Å². The molecule has 35 heavy (non-hydrogen) atoms. The summed E-state index contributed by atoms with van der Waals surface area (Å²) in [4.78, 5) is 25.3. The Kier molecular flexibility index (Phi) is 5.24. The Morgan fingerprint density at radius 3 is 2.46 bits per heavy atom. The van der Waals surface area contributed by atoms with Crippen molar-refractivity contribution >= 4 is 22.8 Å². The van der Waals surface area contributed by atoms with Gasteiger partial charge in [0, 0.05) is 24.8 Å². The molecule has 3 fully saturated rings. The van der Waals surface area contributed by atoms with E-state index in [-0.39, 0.29) is 23.6 Å². The van der Waals surface area contributed by atoms with E-state index < -0.39 is 17.7 Å². The maximum Gasteiger partial charge on any atom is 0.416 e. The van der Waals surface area contributed by atoms with Crippen molar-refractivity contribution in [2.45, 2.75) is 44.1 Å². The summed E-state index contributed by atoms with van der Waals surface area (Å²) in [5.74, 6) is 1.11. The number of halogens is 3. The van der Waals surface area contributed by atoms with Crippen molar-refractivity contribution in [1.82, 2.24) is 15.0 Å². The Labute approximate surface area is 199 Å². The zero-order valence-electron chi connectivity index (χ0n) is 18.8. The molecule has 10 heteroatoms. The van der Waals surface area contributed by atoms with Gasteiger partial charge in [0.2, 0.25) is 0 Å². The van der Waals surface area contributed by atoms with Gasteiger partial charge in [-0.1, -0.05) is 0 Å². The van der Waals surface area contributed by atoms with Crippen LogP contribution in [0.5, 0.6) is 0 Å². The molecule has 3 aromatic rings. The first kappa shape index (κ1) is 22.3. The average molecular weight is 486 g/mol. The van der Waals surface area contributed by atoms with E-state index in [0.29, 0.717) is 28.7 Å². The smallest absolute Gasteiger partial charge is 0.416 e. The minimum atomic E-state index is -4.41. The molecule has 1 saturated heterocycles.